The van der Waals surface area contributed by atoms with Crippen LogP contribution < -0.4 is 5.32 Å². The fraction of sp³-hybridized carbons (Fsp3) is 0.421. The average molecular weight is 343 g/mol. The molecule has 0 bridgehead atoms. The molecule has 6 nitrogen and oxygen atoms in total. The van der Waals surface area contributed by atoms with Gasteiger partial charge in [0.25, 0.3) is 5.91 Å². The molecule has 25 heavy (non-hydrogen) atoms. The number of aromatic nitrogens is 2. The highest BCUT2D eigenvalue weighted by atomic mass is 16.4. The van der Waals surface area contributed by atoms with Gasteiger partial charge in [-0.1, -0.05) is 44.2 Å². The topological polar surface area (TPSA) is 84.2 Å². The van der Waals surface area contributed by atoms with E-state index < -0.39 is 11.9 Å². The smallest absolute Gasteiger partial charge is 0.312 e. The van der Waals surface area contributed by atoms with Crippen LogP contribution in [0.1, 0.15) is 60.3 Å². The molecular weight excluding hydrogens is 318 g/mol. The number of carboxylic acid groups (broad SMARTS) is 1. The maximum atomic E-state index is 12.5. The summed E-state index contributed by atoms with van der Waals surface area (Å²) in [5.74, 6) is -2.03. The van der Waals surface area contributed by atoms with Crippen molar-refractivity contribution in [1.82, 2.24) is 15.1 Å². The molecule has 1 aromatic heterocycles. The zero-order valence-corrected chi connectivity index (χ0v) is 14.9. The van der Waals surface area contributed by atoms with Gasteiger partial charge in [-0.25, -0.2) is 0 Å². The number of carbonyl (C=O) groups is 2. The normalized spacial score (nSPS) is 12.2. The Morgan fingerprint density at radius 3 is 2.40 bits per heavy atom. The number of benzene rings is 1. The number of hydrogen-bond donors (Lipinski definition) is 2. The molecule has 6 heteroatoms. The van der Waals surface area contributed by atoms with Gasteiger partial charge in [-0.05, 0) is 25.3 Å². The fourth-order valence-electron chi connectivity index (χ4n) is 2.97. The first-order valence-electron chi connectivity index (χ1n) is 8.59. The highest BCUT2D eigenvalue weighted by molar-refractivity contribution is 5.95. The van der Waals surface area contributed by atoms with Crippen molar-refractivity contribution < 1.29 is 14.7 Å². The predicted octanol–water partition coefficient (Wildman–Crippen LogP) is 3.15. The lowest BCUT2D eigenvalue weighted by molar-refractivity contribution is -0.138. The van der Waals surface area contributed by atoms with Crippen LogP contribution in [0.5, 0.6) is 0 Å². The largest absolute Gasteiger partial charge is 0.481 e. The number of hydrogen-bond acceptors (Lipinski definition) is 3. The Balaban J connectivity index is 2.10. The van der Waals surface area contributed by atoms with Gasteiger partial charge in [0.2, 0.25) is 0 Å². The summed E-state index contributed by atoms with van der Waals surface area (Å²) in [6.45, 7) is 6.08. The van der Waals surface area contributed by atoms with E-state index in [-0.39, 0.29) is 18.5 Å². The van der Waals surface area contributed by atoms with Crippen molar-refractivity contribution in [2.75, 3.05) is 6.54 Å². The number of carboxylic acids is 1. The number of aliphatic carboxylic acids is 1. The lowest BCUT2D eigenvalue weighted by atomic mass is 9.99. The van der Waals surface area contributed by atoms with Crippen molar-refractivity contribution in [3.8, 4) is 0 Å². The number of amides is 1. The van der Waals surface area contributed by atoms with E-state index in [0.29, 0.717) is 11.1 Å². The van der Waals surface area contributed by atoms with E-state index in [1.165, 1.54) is 0 Å². The second-order valence-electron chi connectivity index (χ2n) is 6.07. The van der Waals surface area contributed by atoms with Crippen LogP contribution in [-0.4, -0.2) is 33.3 Å². The summed E-state index contributed by atoms with van der Waals surface area (Å²) < 4.78 is 1.88. The van der Waals surface area contributed by atoms with Gasteiger partial charge in [0, 0.05) is 12.2 Å². The van der Waals surface area contributed by atoms with Gasteiger partial charge in [0.15, 0.2) is 0 Å². The van der Waals surface area contributed by atoms with Gasteiger partial charge >= 0.3 is 5.97 Å². The first kappa shape index (κ1) is 18.7. The van der Waals surface area contributed by atoms with Gasteiger partial charge in [-0.2, -0.15) is 5.10 Å². The van der Waals surface area contributed by atoms with Crippen molar-refractivity contribution in [3.05, 3.63) is 53.3 Å². The van der Waals surface area contributed by atoms with Crippen LogP contribution in [-0.2, 0) is 4.79 Å². The lowest BCUT2D eigenvalue weighted by Crippen LogP contribution is -2.32. The Bertz CT molecular complexity index is 721. The lowest BCUT2D eigenvalue weighted by Gasteiger charge is -2.16. The highest BCUT2D eigenvalue weighted by Gasteiger charge is 2.22. The van der Waals surface area contributed by atoms with E-state index in [0.717, 1.165) is 18.5 Å². The molecule has 0 saturated carbocycles. The van der Waals surface area contributed by atoms with Crippen molar-refractivity contribution in [2.45, 2.75) is 45.6 Å². The summed E-state index contributed by atoms with van der Waals surface area (Å²) in [7, 11) is 0. The van der Waals surface area contributed by atoms with E-state index in [1.54, 1.807) is 30.5 Å². The van der Waals surface area contributed by atoms with Gasteiger partial charge in [-0.15, -0.1) is 0 Å². The molecule has 0 aliphatic heterocycles. The first-order valence-corrected chi connectivity index (χ1v) is 8.59. The van der Waals surface area contributed by atoms with Crippen molar-refractivity contribution in [3.63, 3.8) is 0 Å². The molecule has 2 rings (SSSR count). The zero-order chi connectivity index (χ0) is 18.4. The molecule has 134 valence electrons. The SMILES string of the molecule is CCC(CC)n1ncc(C(=O)NCC(C(=O)O)c2ccccc2)c1C. The summed E-state index contributed by atoms with van der Waals surface area (Å²) in [4.78, 5) is 24.0. The molecule has 0 spiro atoms. The van der Waals surface area contributed by atoms with Crippen LogP contribution in [0.15, 0.2) is 36.5 Å². The molecule has 2 aromatic rings. The van der Waals surface area contributed by atoms with Gasteiger partial charge < -0.3 is 10.4 Å². The third kappa shape index (κ3) is 4.26. The minimum absolute atomic E-state index is 0.0355. The highest BCUT2D eigenvalue weighted by Crippen LogP contribution is 2.20. The third-order valence-corrected chi connectivity index (χ3v) is 4.54. The number of nitrogens with zero attached hydrogens (tertiary/aromatic N) is 2. The molecule has 1 unspecified atom stereocenters. The van der Waals surface area contributed by atoms with E-state index in [9.17, 15) is 14.7 Å². The molecule has 0 aliphatic carbocycles. The first-order chi connectivity index (χ1) is 12.0. The van der Waals surface area contributed by atoms with Crippen LogP contribution >= 0.6 is 0 Å². The van der Waals surface area contributed by atoms with Gasteiger partial charge in [0.05, 0.1) is 23.7 Å². The molecule has 1 atom stereocenters. The molecule has 0 radical (unpaired) electrons. The predicted molar refractivity (Wildman–Crippen MR) is 95.7 cm³/mol. The Kier molecular flexibility index (Phi) is 6.33. The van der Waals surface area contributed by atoms with Crippen LogP contribution in [0.3, 0.4) is 0 Å². The zero-order valence-electron chi connectivity index (χ0n) is 14.9. The van der Waals surface area contributed by atoms with Crippen molar-refractivity contribution in [2.24, 2.45) is 0 Å². The molecule has 2 N–H and O–H groups in total. The number of rotatable bonds is 8. The maximum Gasteiger partial charge on any atom is 0.312 e. The van der Waals surface area contributed by atoms with E-state index >= 15 is 0 Å². The van der Waals surface area contributed by atoms with E-state index in [2.05, 4.69) is 24.3 Å². The number of nitrogens with one attached hydrogen (secondary N) is 1. The summed E-state index contributed by atoms with van der Waals surface area (Å²) in [6, 6.07) is 9.17. The molecule has 1 amide bonds. The van der Waals surface area contributed by atoms with Crippen LogP contribution in [0.2, 0.25) is 0 Å². The molecule has 0 fully saturated rings. The molecule has 0 aliphatic rings. The molecular formula is C19H25N3O3. The summed E-state index contributed by atoms with van der Waals surface area (Å²) in [6.07, 6.45) is 3.44. The summed E-state index contributed by atoms with van der Waals surface area (Å²) >= 11 is 0. The molecule has 0 saturated heterocycles. The Morgan fingerprint density at radius 1 is 1.20 bits per heavy atom. The standard InChI is InChI=1S/C19H25N3O3/c1-4-15(5-2)22-13(3)16(12-21-22)18(23)20-11-17(19(24)25)14-9-7-6-8-10-14/h6-10,12,15,17H,4-5,11H2,1-3H3,(H,20,23)(H,24,25). The van der Waals surface area contributed by atoms with Crippen molar-refractivity contribution >= 4 is 11.9 Å². The maximum absolute atomic E-state index is 12.5. The van der Waals surface area contributed by atoms with E-state index in [4.69, 9.17) is 0 Å². The fourth-order valence-corrected chi connectivity index (χ4v) is 2.97. The summed E-state index contributed by atoms with van der Waals surface area (Å²) in [5, 5.41) is 16.5. The van der Waals surface area contributed by atoms with Crippen LogP contribution in [0.4, 0.5) is 0 Å². The quantitative estimate of drug-likeness (QED) is 0.771. The van der Waals surface area contributed by atoms with Gasteiger partial charge in [0.1, 0.15) is 0 Å². The van der Waals surface area contributed by atoms with Crippen LogP contribution in [0.25, 0.3) is 0 Å². The molecule has 1 heterocycles. The minimum Gasteiger partial charge on any atom is -0.481 e. The summed E-state index contributed by atoms with van der Waals surface area (Å²) in [5.41, 5.74) is 1.96. The average Bonchev–Trinajstić information content (AvgIpc) is 2.98. The second-order valence-corrected chi connectivity index (χ2v) is 6.07. The van der Waals surface area contributed by atoms with E-state index in [1.807, 2.05) is 17.7 Å². The number of carbonyl (C=O) groups excluding carboxylic acids is 1. The van der Waals surface area contributed by atoms with Crippen LogP contribution in [0, 0.1) is 6.92 Å². The Hall–Kier alpha value is -2.63. The Morgan fingerprint density at radius 2 is 1.84 bits per heavy atom. The minimum atomic E-state index is -0.962. The van der Waals surface area contributed by atoms with Crippen molar-refractivity contribution in [1.29, 1.82) is 0 Å². The molecule has 1 aromatic carbocycles. The van der Waals surface area contributed by atoms with Gasteiger partial charge in [-0.3, -0.25) is 14.3 Å². The monoisotopic (exact) mass is 343 g/mol. The Labute approximate surface area is 147 Å². The third-order valence-electron chi connectivity index (χ3n) is 4.54. The second kappa shape index (κ2) is 8.46.